The van der Waals surface area contributed by atoms with E-state index in [0.717, 1.165) is 23.3 Å². The Morgan fingerprint density at radius 1 is 1.11 bits per heavy atom. The molecule has 1 heterocycles. The summed E-state index contributed by atoms with van der Waals surface area (Å²) in [5.41, 5.74) is 4.67. The summed E-state index contributed by atoms with van der Waals surface area (Å²) in [6.45, 7) is 7.17. The van der Waals surface area contributed by atoms with Crippen molar-refractivity contribution in [2.45, 2.75) is 33.7 Å². The molecule has 0 bridgehead atoms. The van der Waals surface area contributed by atoms with Crippen LogP contribution < -0.4 is 15.4 Å². The van der Waals surface area contributed by atoms with E-state index in [1.54, 1.807) is 11.0 Å². The van der Waals surface area contributed by atoms with Gasteiger partial charge in [-0.2, -0.15) is 0 Å². The third-order valence-corrected chi connectivity index (χ3v) is 4.59. The lowest BCUT2D eigenvalue weighted by Crippen LogP contribution is -2.39. The zero-order valence-electron chi connectivity index (χ0n) is 16.0. The Kier molecular flexibility index (Phi) is 5.64. The Morgan fingerprint density at radius 3 is 2.67 bits per heavy atom. The number of ether oxygens (including phenoxy) is 1. The maximum atomic E-state index is 12.8. The molecule has 0 aliphatic carbocycles. The Morgan fingerprint density at radius 2 is 1.93 bits per heavy atom. The highest BCUT2D eigenvalue weighted by Crippen LogP contribution is 2.25. The van der Waals surface area contributed by atoms with Crippen LogP contribution in [0.2, 0.25) is 0 Å². The standard InChI is InChI=1S/C21H25N3O3/c1-4-27-19-8-6-16-9-10-24(13-17(16)11-19)21(26)23-20-12-18(22-15(3)25)7-5-14(20)2/h5-8,11-12H,4,9-10,13H2,1-3H3,(H,22,25)(H,23,26). The minimum Gasteiger partial charge on any atom is -0.494 e. The Hall–Kier alpha value is -3.02. The summed E-state index contributed by atoms with van der Waals surface area (Å²) in [5.74, 6) is 0.686. The molecule has 0 atom stereocenters. The van der Waals surface area contributed by atoms with E-state index in [9.17, 15) is 9.59 Å². The maximum absolute atomic E-state index is 12.8. The smallest absolute Gasteiger partial charge is 0.322 e. The summed E-state index contributed by atoms with van der Waals surface area (Å²) in [6, 6.07) is 11.4. The van der Waals surface area contributed by atoms with E-state index in [1.807, 2.05) is 38.1 Å². The average Bonchev–Trinajstić information content (AvgIpc) is 2.63. The van der Waals surface area contributed by atoms with Crippen molar-refractivity contribution in [1.82, 2.24) is 4.90 Å². The monoisotopic (exact) mass is 367 g/mol. The summed E-state index contributed by atoms with van der Waals surface area (Å²) in [5, 5.41) is 5.71. The van der Waals surface area contributed by atoms with Gasteiger partial charge in [-0.05, 0) is 61.2 Å². The molecule has 0 saturated carbocycles. The Bertz CT molecular complexity index is 864. The zero-order chi connectivity index (χ0) is 19.4. The molecule has 2 aromatic rings. The number of carbonyl (C=O) groups is 2. The van der Waals surface area contributed by atoms with Crippen molar-refractivity contribution >= 4 is 23.3 Å². The molecule has 3 rings (SSSR count). The van der Waals surface area contributed by atoms with Gasteiger partial charge in [0.25, 0.3) is 0 Å². The first-order valence-corrected chi connectivity index (χ1v) is 9.15. The van der Waals surface area contributed by atoms with Crippen LogP contribution in [0.25, 0.3) is 0 Å². The van der Waals surface area contributed by atoms with E-state index in [4.69, 9.17) is 4.74 Å². The lowest BCUT2D eigenvalue weighted by Gasteiger charge is -2.29. The van der Waals surface area contributed by atoms with Crippen LogP contribution in [0, 0.1) is 6.92 Å². The number of amides is 3. The van der Waals surface area contributed by atoms with Gasteiger partial charge in [-0.3, -0.25) is 4.79 Å². The normalized spacial score (nSPS) is 12.9. The van der Waals surface area contributed by atoms with Crippen LogP contribution in [0.4, 0.5) is 16.2 Å². The first-order valence-electron chi connectivity index (χ1n) is 9.15. The lowest BCUT2D eigenvalue weighted by molar-refractivity contribution is -0.114. The average molecular weight is 367 g/mol. The van der Waals surface area contributed by atoms with Crippen molar-refractivity contribution < 1.29 is 14.3 Å². The summed E-state index contributed by atoms with van der Waals surface area (Å²) < 4.78 is 5.57. The molecule has 0 saturated heterocycles. The fraction of sp³-hybridized carbons (Fsp3) is 0.333. The number of fused-ring (bicyclic) bond motifs is 1. The fourth-order valence-electron chi connectivity index (χ4n) is 3.20. The van der Waals surface area contributed by atoms with Gasteiger partial charge in [0.1, 0.15) is 5.75 Å². The Balaban J connectivity index is 1.72. The molecular formula is C21H25N3O3. The summed E-state index contributed by atoms with van der Waals surface area (Å²) in [4.78, 5) is 25.8. The molecule has 1 aliphatic rings. The second-order valence-corrected chi connectivity index (χ2v) is 6.68. The number of aryl methyl sites for hydroxylation is 1. The molecule has 3 amide bonds. The molecule has 6 heteroatoms. The number of carbonyl (C=O) groups excluding carboxylic acids is 2. The molecule has 0 unspecified atom stereocenters. The number of hydrogen-bond donors (Lipinski definition) is 2. The molecule has 1 aliphatic heterocycles. The molecule has 27 heavy (non-hydrogen) atoms. The van der Waals surface area contributed by atoms with Gasteiger partial charge in [0.15, 0.2) is 0 Å². The molecule has 0 spiro atoms. The molecule has 142 valence electrons. The van der Waals surface area contributed by atoms with Gasteiger partial charge in [-0.25, -0.2) is 4.79 Å². The van der Waals surface area contributed by atoms with Gasteiger partial charge < -0.3 is 20.3 Å². The second-order valence-electron chi connectivity index (χ2n) is 6.68. The number of nitrogens with one attached hydrogen (secondary N) is 2. The van der Waals surface area contributed by atoms with Gasteiger partial charge in [0, 0.05) is 31.4 Å². The van der Waals surface area contributed by atoms with Crippen LogP contribution in [0.3, 0.4) is 0 Å². The van der Waals surface area contributed by atoms with Crippen LogP contribution in [0.1, 0.15) is 30.5 Å². The topological polar surface area (TPSA) is 70.7 Å². The summed E-state index contributed by atoms with van der Waals surface area (Å²) in [6.07, 6.45) is 0.820. The highest BCUT2D eigenvalue weighted by molar-refractivity contribution is 5.93. The number of hydrogen-bond acceptors (Lipinski definition) is 3. The van der Waals surface area contributed by atoms with Crippen molar-refractivity contribution in [1.29, 1.82) is 0 Å². The van der Waals surface area contributed by atoms with Gasteiger partial charge in [-0.1, -0.05) is 12.1 Å². The van der Waals surface area contributed by atoms with E-state index in [0.29, 0.717) is 31.1 Å². The fourth-order valence-corrected chi connectivity index (χ4v) is 3.20. The molecule has 0 fully saturated rings. The SMILES string of the molecule is CCOc1ccc2c(c1)CN(C(=O)Nc1cc(NC(C)=O)ccc1C)CC2. The van der Waals surface area contributed by atoms with Crippen molar-refractivity contribution in [3.63, 3.8) is 0 Å². The molecular weight excluding hydrogens is 342 g/mol. The number of urea groups is 1. The van der Waals surface area contributed by atoms with Crippen molar-refractivity contribution in [3.05, 3.63) is 53.1 Å². The van der Waals surface area contributed by atoms with Crippen LogP contribution >= 0.6 is 0 Å². The molecule has 0 aromatic heterocycles. The first-order chi connectivity index (χ1) is 13.0. The third kappa shape index (κ3) is 4.58. The zero-order valence-corrected chi connectivity index (χ0v) is 16.0. The van der Waals surface area contributed by atoms with Gasteiger partial charge in [0.05, 0.1) is 6.61 Å². The van der Waals surface area contributed by atoms with Crippen LogP contribution in [0.15, 0.2) is 36.4 Å². The van der Waals surface area contributed by atoms with Crippen molar-refractivity contribution in [3.8, 4) is 5.75 Å². The molecule has 0 radical (unpaired) electrons. The maximum Gasteiger partial charge on any atom is 0.322 e. The lowest BCUT2D eigenvalue weighted by atomic mass is 10.00. The van der Waals surface area contributed by atoms with Crippen molar-refractivity contribution in [2.24, 2.45) is 0 Å². The van der Waals surface area contributed by atoms with E-state index in [2.05, 4.69) is 16.7 Å². The minimum absolute atomic E-state index is 0.145. The predicted octanol–water partition coefficient (Wildman–Crippen LogP) is 3.94. The minimum atomic E-state index is -0.148. The second kappa shape index (κ2) is 8.12. The first kappa shape index (κ1) is 18.8. The summed E-state index contributed by atoms with van der Waals surface area (Å²) in [7, 11) is 0. The van der Waals surface area contributed by atoms with E-state index in [1.165, 1.54) is 12.5 Å². The predicted molar refractivity (Wildman–Crippen MR) is 106 cm³/mol. The van der Waals surface area contributed by atoms with Gasteiger partial charge in [0.2, 0.25) is 5.91 Å². The van der Waals surface area contributed by atoms with E-state index >= 15 is 0 Å². The number of nitrogens with zero attached hydrogens (tertiary/aromatic N) is 1. The number of benzene rings is 2. The molecule has 6 nitrogen and oxygen atoms in total. The van der Waals surface area contributed by atoms with Gasteiger partial charge in [-0.15, -0.1) is 0 Å². The highest BCUT2D eigenvalue weighted by atomic mass is 16.5. The molecule has 2 aromatic carbocycles. The van der Waals surface area contributed by atoms with E-state index < -0.39 is 0 Å². The number of anilines is 2. The van der Waals surface area contributed by atoms with Crippen LogP contribution in [-0.4, -0.2) is 30.0 Å². The largest absolute Gasteiger partial charge is 0.494 e. The molecule has 2 N–H and O–H groups in total. The van der Waals surface area contributed by atoms with Gasteiger partial charge >= 0.3 is 6.03 Å². The quantitative estimate of drug-likeness (QED) is 0.860. The van der Waals surface area contributed by atoms with Crippen LogP contribution in [0.5, 0.6) is 5.75 Å². The van der Waals surface area contributed by atoms with Crippen LogP contribution in [-0.2, 0) is 17.8 Å². The Labute approximate surface area is 159 Å². The third-order valence-electron chi connectivity index (χ3n) is 4.59. The number of rotatable bonds is 4. The summed E-state index contributed by atoms with van der Waals surface area (Å²) >= 11 is 0. The van der Waals surface area contributed by atoms with Crippen molar-refractivity contribution in [2.75, 3.05) is 23.8 Å². The van der Waals surface area contributed by atoms with E-state index in [-0.39, 0.29) is 11.9 Å². The highest BCUT2D eigenvalue weighted by Gasteiger charge is 2.21.